The molecular formula is C20H20N4O3. The molecule has 0 fully saturated rings. The maximum absolute atomic E-state index is 12.1. The molecule has 0 spiro atoms. The number of carbonyl (C=O) groups excluding carboxylic acids is 1. The summed E-state index contributed by atoms with van der Waals surface area (Å²) in [5.41, 5.74) is 3.63. The van der Waals surface area contributed by atoms with Gasteiger partial charge >= 0.3 is 0 Å². The smallest absolute Gasteiger partial charge is 0.273 e. The molecule has 2 aromatic rings. The topological polar surface area (TPSA) is 76.6 Å². The van der Waals surface area contributed by atoms with E-state index in [9.17, 15) is 4.79 Å². The number of rotatable bonds is 7. The third-order valence-corrected chi connectivity index (χ3v) is 3.73. The molecule has 0 atom stereocenters. The van der Waals surface area contributed by atoms with Gasteiger partial charge in [-0.1, -0.05) is 58.8 Å². The predicted octanol–water partition coefficient (Wildman–Crippen LogP) is 3.27. The Kier molecular flexibility index (Phi) is 7.08. The first-order chi connectivity index (χ1) is 13.1. The highest BCUT2D eigenvalue weighted by Crippen LogP contribution is 2.15. The third kappa shape index (κ3) is 5.16. The summed E-state index contributed by atoms with van der Waals surface area (Å²) >= 11 is 0. The monoisotopic (exact) mass is 364 g/mol. The fourth-order valence-electron chi connectivity index (χ4n) is 2.33. The molecule has 2 rings (SSSR count). The Morgan fingerprint density at radius 1 is 1.15 bits per heavy atom. The first kappa shape index (κ1) is 19.7. The van der Waals surface area contributed by atoms with Crippen LogP contribution in [-0.2, 0) is 21.1 Å². The highest BCUT2D eigenvalue weighted by molar-refractivity contribution is 6.45. The van der Waals surface area contributed by atoms with Gasteiger partial charge in [0.2, 0.25) is 0 Å². The van der Waals surface area contributed by atoms with Crippen molar-refractivity contribution in [3.63, 3.8) is 0 Å². The van der Waals surface area contributed by atoms with Crippen LogP contribution in [0.1, 0.15) is 23.6 Å². The lowest BCUT2D eigenvalue weighted by Gasteiger charge is -2.10. The van der Waals surface area contributed by atoms with E-state index in [0.717, 1.165) is 11.1 Å². The molecule has 1 N–H and O–H groups in total. The van der Waals surface area contributed by atoms with Gasteiger partial charge in [0.15, 0.2) is 11.4 Å². The lowest BCUT2D eigenvalue weighted by atomic mass is 10.0. The maximum Gasteiger partial charge on any atom is 0.273 e. The fraction of sp³-hybridized carbons (Fsp3) is 0.200. The number of hydrogen-bond donors (Lipinski definition) is 1. The first-order valence-electron chi connectivity index (χ1n) is 8.16. The first-order valence-corrected chi connectivity index (χ1v) is 8.16. The average molecular weight is 364 g/mol. The van der Waals surface area contributed by atoms with Crippen molar-refractivity contribution in [3.8, 4) is 0 Å². The van der Waals surface area contributed by atoms with Crippen molar-refractivity contribution >= 4 is 23.0 Å². The summed E-state index contributed by atoms with van der Waals surface area (Å²) in [6, 6.07) is 14.3. The van der Waals surface area contributed by atoms with Gasteiger partial charge in [0.05, 0.1) is 12.3 Å². The molecule has 138 valence electrons. The van der Waals surface area contributed by atoms with Crippen molar-refractivity contribution in [2.24, 2.45) is 10.3 Å². The van der Waals surface area contributed by atoms with Crippen LogP contribution in [0.3, 0.4) is 0 Å². The van der Waals surface area contributed by atoms with Gasteiger partial charge in [0, 0.05) is 18.2 Å². The van der Waals surface area contributed by atoms with Gasteiger partial charge in [0.1, 0.15) is 13.7 Å². The van der Waals surface area contributed by atoms with Crippen molar-refractivity contribution in [2.75, 3.05) is 14.2 Å². The van der Waals surface area contributed by atoms with E-state index in [0.29, 0.717) is 17.0 Å². The van der Waals surface area contributed by atoms with E-state index in [1.807, 2.05) is 31.2 Å². The zero-order chi connectivity index (χ0) is 19.6. The Morgan fingerprint density at radius 2 is 1.85 bits per heavy atom. The van der Waals surface area contributed by atoms with Gasteiger partial charge in [-0.05, 0) is 12.5 Å². The lowest BCUT2D eigenvalue weighted by molar-refractivity contribution is -0.114. The minimum Gasteiger partial charge on any atom is -0.398 e. The summed E-state index contributed by atoms with van der Waals surface area (Å²) in [7, 11) is 2.91. The van der Waals surface area contributed by atoms with E-state index < -0.39 is 0 Å². The standard InChI is InChI=1S/C20H20N4O3/c1-14(15-9-11-17(21-2)12-10-15)23-27-13-16-7-5-6-8-18(16)19(24-26-4)20(25)22-3/h5-12H,13H2,1,3-4H3,(H,22,25)/b23-14+,24-19+. The van der Waals surface area contributed by atoms with Gasteiger partial charge < -0.3 is 15.0 Å². The Hall–Kier alpha value is -3.66. The van der Waals surface area contributed by atoms with E-state index in [1.54, 1.807) is 24.3 Å². The van der Waals surface area contributed by atoms with Crippen LogP contribution in [0.15, 0.2) is 58.8 Å². The number of benzene rings is 2. The van der Waals surface area contributed by atoms with Crippen LogP contribution in [0.25, 0.3) is 4.85 Å². The molecule has 7 heteroatoms. The van der Waals surface area contributed by atoms with Crippen LogP contribution >= 0.6 is 0 Å². The largest absolute Gasteiger partial charge is 0.398 e. The maximum atomic E-state index is 12.1. The van der Waals surface area contributed by atoms with Gasteiger partial charge in [-0.2, -0.15) is 0 Å². The molecule has 2 aromatic carbocycles. The van der Waals surface area contributed by atoms with Crippen LogP contribution in [-0.4, -0.2) is 31.5 Å². The molecule has 0 saturated carbocycles. The summed E-state index contributed by atoms with van der Waals surface area (Å²) in [5.74, 6) is -0.358. The number of nitrogens with zero attached hydrogens (tertiary/aromatic N) is 3. The van der Waals surface area contributed by atoms with Crippen molar-refractivity contribution in [2.45, 2.75) is 13.5 Å². The summed E-state index contributed by atoms with van der Waals surface area (Å²) in [6.07, 6.45) is 0. The van der Waals surface area contributed by atoms with E-state index in [1.165, 1.54) is 14.2 Å². The average Bonchev–Trinajstić information content (AvgIpc) is 2.72. The number of oxime groups is 2. The van der Waals surface area contributed by atoms with Crippen LogP contribution in [0.2, 0.25) is 0 Å². The van der Waals surface area contributed by atoms with Crippen LogP contribution in [0, 0.1) is 6.57 Å². The van der Waals surface area contributed by atoms with Crippen molar-refractivity contribution in [1.82, 2.24) is 5.32 Å². The zero-order valence-electron chi connectivity index (χ0n) is 15.4. The van der Waals surface area contributed by atoms with Gasteiger partial charge in [0.25, 0.3) is 5.91 Å². The van der Waals surface area contributed by atoms with E-state index in [4.69, 9.17) is 16.2 Å². The quantitative estimate of drug-likeness (QED) is 0.465. The summed E-state index contributed by atoms with van der Waals surface area (Å²) in [4.78, 5) is 25.7. The molecule has 1 amide bonds. The molecule has 0 aromatic heterocycles. The van der Waals surface area contributed by atoms with Gasteiger partial charge in [-0.25, -0.2) is 4.85 Å². The SMILES string of the molecule is [C-]#[N+]c1ccc(/C(C)=N/OCc2ccccc2/C(=N\OC)C(=O)NC)cc1. The fourth-order valence-corrected chi connectivity index (χ4v) is 2.33. The molecule has 0 aliphatic carbocycles. The number of hydrogen-bond acceptors (Lipinski definition) is 5. The Balaban J connectivity index is 2.17. The molecule has 0 saturated heterocycles. The zero-order valence-corrected chi connectivity index (χ0v) is 15.4. The summed E-state index contributed by atoms with van der Waals surface area (Å²) in [6.45, 7) is 8.96. The number of amides is 1. The molecule has 7 nitrogen and oxygen atoms in total. The second-order valence-corrected chi connectivity index (χ2v) is 5.47. The number of nitrogens with one attached hydrogen (secondary N) is 1. The van der Waals surface area contributed by atoms with Crippen molar-refractivity contribution < 1.29 is 14.5 Å². The van der Waals surface area contributed by atoms with Crippen LogP contribution < -0.4 is 5.32 Å². The molecule has 0 heterocycles. The minimum atomic E-state index is -0.358. The van der Waals surface area contributed by atoms with Crippen molar-refractivity contribution in [1.29, 1.82) is 0 Å². The molecule has 0 radical (unpaired) electrons. The van der Waals surface area contributed by atoms with E-state index in [-0.39, 0.29) is 18.2 Å². The second kappa shape index (κ2) is 9.73. The Labute approximate surface area is 158 Å². The Bertz CT molecular complexity index is 896. The molecular weight excluding hydrogens is 344 g/mol. The molecule has 0 aliphatic heterocycles. The predicted molar refractivity (Wildman–Crippen MR) is 104 cm³/mol. The van der Waals surface area contributed by atoms with Gasteiger partial charge in [-0.3, -0.25) is 4.79 Å². The van der Waals surface area contributed by atoms with E-state index >= 15 is 0 Å². The van der Waals surface area contributed by atoms with Crippen LogP contribution in [0.5, 0.6) is 0 Å². The normalized spacial score (nSPS) is 11.5. The number of carbonyl (C=O) groups is 1. The van der Waals surface area contributed by atoms with Crippen LogP contribution in [0.4, 0.5) is 5.69 Å². The van der Waals surface area contributed by atoms with Crippen molar-refractivity contribution in [3.05, 3.63) is 76.6 Å². The minimum absolute atomic E-state index is 0.160. The summed E-state index contributed by atoms with van der Waals surface area (Å²) in [5, 5.41) is 10.5. The molecule has 27 heavy (non-hydrogen) atoms. The molecule has 0 bridgehead atoms. The summed E-state index contributed by atoms with van der Waals surface area (Å²) < 4.78 is 0. The third-order valence-electron chi connectivity index (χ3n) is 3.73. The highest BCUT2D eigenvalue weighted by Gasteiger charge is 2.17. The Morgan fingerprint density at radius 3 is 2.48 bits per heavy atom. The highest BCUT2D eigenvalue weighted by atomic mass is 16.6. The molecule has 0 aliphatic rings. The number of likely N-dealkylation sites (N-methyl/N-ethyl adjacent to an activating group) is 1. The molecule has 0 unspecified atom stereocenters. The second-order valence-electron chi connectivity index (χ2n) is 5.47. The van der Waals surface area contributed by atoms with Gasteiger partial charge in [-0.15, -0.1) is 0 Å². The lowest BCUT2D eigenvalue weighted by Crippen LogP contribution is -2.29. The van der Waals surface area contributed by atoms with E-state index in [2.05, 4.69) is 20.5 Å².